The second kappa shape index (κ2) is 6.03. The van der Waals surface area contributed by atoms with Crippen LogP contribution in [-0.2, 0) is 11.2 Å². The van der Waals surface area contributed by atoms with E-state index in [4.69, 9.17) is 10.5 Å². The molecule has 21 heavy (non-hydrogen) atoms. The molecule has 1 aromatic carbocycles. The fourth-order valence-electron chi connectivity index (χ4n) is 3.97. The average molecular weight is 292 g/mol. The number of halogens is 1. The highest BCUT2D eigenvalue weighted by molar-refractivity contribution is 5.20. The Balaban J connectivity index is 1.81. The number of rotatable bonds is 4. The lowest BCUT2D eigenvalue weighted by Gasteiger charge is -2.49. The normalized spacial score (nSPS) is 29.1. The van der Waals surface area contributed by atoms with Gasteiger partial charge in [0.2, 0.25) is 0 Å². The quantitative estimate of drug-likeness (QED) is 0.926. The van der Waals surface area contributed by atoms with Gasteiger partial charge >= 0.3 is 0 Å². The summed E-state index contributed by atoms with van der Waals surface area (Å²) in [6.45, 7) is 4.48. The zero-order valence-corrected chi connectivity index (χ0v) is 12.7. The number of hydrogen-bond acceptors (Lipinski definition) is 3. The molecule has 1 saturated heterocycles. The van der Waals surface area contributed by atoms with Crippen LogP contribution in [-0.4, -0.2) is 42.3 Å². The molecule has 4 heteroatoms. The van der Waals surface area contributed by atoms with Crippen molar-refractivity contribution in [2.24, 2.45) is 5.73 Å². The molecular formula is C17H25FN2O. The van der Waals surface area contributed by atoms with Crippen LogP contribution in [0.15, 0.2) is 24.3 Å². The van der Waals surface area contributed by atoms with Crippen molar-refractivity contribution in [2.45, 2.75) is 50.3 Å². The van der Waals surface area contributed by atoms with Gasteiger partial charge in [0.25, 0.3) is 0 Å². The first-order valence-electron chi connectivity index (χ1n) is 7.95. The van der Waals surface area contributed by atoms with E-state index in [1.807, 2.05) is 6.07 Å². The molecule has 0 amide bonds. The summed E-state index contributed by atoms with van der Waals surface area (Å²) in [6, 6.07) is 7.36. The zero-order chi connectivity index (χ0) is 14.9. The van der Waals surface area contributed by atoms with Crippen molar-refractivity contribution < 1.29 is 9.13 Å². The molecule has 2 N–H and O–H groups in total. The molecule has 1 aliphatic heterocycles. The molecular weight excluding hydrogens is 267 g/mol. The van der Waals surface area contributed by atoms with Crippen molar-refractivity contribution in [3.63, 3.8) is 0 Å². The second-order valence-corrected chi connectivity index (χ2v) is 6.61. The number of nitrogens with two attached hydrogens (primary N) is 1. The van der Waals surface area contributed by atoms with E-state index in [0.717, 1.165) is 31.6 Å². The Morgan fingerprint density at radius 2 is 2.29 bits per heavy atom. The van der Waals surface area contributed by atoms with Gasteiger partial charge in [0.15, 0.2) is 0 Å². The number of benzene rings is 1. The van der Waals surface area contributed by atoms with Crippen LogP contribution in [0.5, 0.6) is 0 Å². The third-order valence-electron chi connectivity index (χ3n) is 5.09. The van der Waals surface area contributed by atoms with Crippen LogP contribution < -0.4 is 5.73 Å². The van der Waals surface area contributed by atoms with Gasteiger partial charge in [-0.2, -0.15) is 0 Å². The minimum atomic E-state index is -0.174. The van der Waals surface area contributed by atoms with Gasteiger partial charge in [0.05, 0.1) is 12.7 Å². The van der Waals surface area contributed by atoms with Crippen LogP contribution >= 0.6 is 0 Å². The molecule has 1 aromatic rings. The van der Waals surface area contributed by atoms with Gasteiger partial charge in [-0.25, -0.2) is 4.39 Å². The van der Waals surface area contributed by atoms with Crippen molar-refractivity contribution in [3.05, 3.63) is 35.6 Å². The molecule has 0 radical (unpaired) electrons. The van der Waals surface area contributed by atoms with E-state index in [0.29, 0.717) is 18.7 Å². The molecule has 2 fully saturated rings. The summed E-state index contributed by atoms with van der Waals surface area (Å²) in [5.74, 6) is -0.174. The van der Waals surface area contributed by atoms with Gasteiger partial charge in [-0.1, -0.05) is 12.1 Å². The first kappa shape index (κ1) is 14.9. The van der Waals surface area contributed by atoms with Crippen molar-refractivity contribution in [1.82, 2.24) is 4.90 Å². The van der Waals surface area contributed by atoms with E-state index in [-0.39, 0.29) is 11.4 Å². The number of nitrogens with zero attached hydrogens (tertiary/aromatic N) is 1. The van der Waals surface area contributed by atoms with Crippen LogP contribution in [0.3, 0.4) is 0 Å². The molecule has 3 unspecified atom stereocenters. The fourth-order valence-corrected chi connectivity index (χ4v) is 3.97. The van der Waals surface area contributed by atoms with Gasteiger partial charge in [0.1, 0.15) is 5.82 Å². The van der Waals surface area contributed by atoms with Gasteiger partial charge in [-0.05, 0) is 50.3 Å². The van der Waals surface area contributed by atoms with E-state index in [1.165, 1.54) is 18.9 Å². The van der Waals surface area contributed by atoms with E-state index in [1.54, 1.807) is 12.1 Å². The molecule has 1 aliphatic carbocycles. The predicted molar refractivity (Wildman–Crippen MR) is 81.6 cm³/mol. The molecule has 1 heterocycles. The molecule has 0 bridgehead atoms. The maximum absolute atomic E-state index is 13.4. The Bertz CT molecular complexity index is 495. The van der Waals surface area contributed by atoms with Crippen molar-refractivity contribution in [3.8, 4) is 0 Å². The Labute approximate surface area is 126 Å². The predicted octanol–water partition coefficient (Wildman–Crippen LogP) is 2.34. The summed E-state index contributed by atoms with van der Waals surface area (Å²) in [5.41, 5.74) is 7.01. The summed E-state index contributed by atoms with van der Waals surface area (Å²) in [7, 11) is 0. The second-order valence-electron chi connectivity index (χ2n) is 6.61. The van der Waals surface area contributed by atoms with Gasteiger partial charge in [-0.15, -0.1) is 0 Å². The Morgan fingerprint density at radius 3 is 3.05 bits per heavy atom. The van der Waals surface area contributed by atoms with Gasteiger partial charge < -0.3 is 10.5 Å². The highest BCUT2D eigenvalue weighted by Crippen LogP contribution is 2.35. The Hall–Kier alpha value is -0.970. The molecule has 1 saturated carbocycles. The van der Waals surface area contributed by atoms with Crippen LogP contribution in [0.25, 0.3) is 0 Å². The topological polar surface area (TPSA) is 38.5 Å². The molecule has 3 rings (SSSR count). The Morgan fingerprint density at radius 1 is 1.43 bits per heavy atom. The van der Waals surface area contributed by atoms with Crippen molar-refractivity contribution >= 4 is 0 Å². The maximum Gasteiger partial charge on any atom is 0.123 e. The number of morpholine rings is 1. The molecule has 3 atom stereocenters. The third kappa shape index (κ3) is 2.98. The maximum atomic E-state index is 13.4. The van der Waals surface area contributed by atoms with Gasteiger partial charge in [0, 0.05) is 24.7 Å². The largest absolute Gasteiger partial charge is 0.375 e. The summed E-state index contributed by atoms with van der Waals surface area (Å²) < 4.78 is 19.3. The number of fused-ring (bicyclic) bond motifs is 1. The SMILES string of the molecule is CC(CN)(Cc1cccc(F)c1)N1CCOC2CCCC21. The first-order chi connectivity index (χ1) is 10.1. The van der Waals surface area contributed by atoms with Crippen LogP contribution in [0.1, 0.15) is 31.7 Å². The lowest BCUT2D eigenvalue weighted by molar-refractivity contribution is -0.0932. The fraction of sp³-hybridized carbons (Fsp3) is 0.647. The standard InChI is InChI=1S/C17H25FN2O/c1-17(12-19,11-13-4-2-5-14(18)10-13)20-8-9-21-16-7-3-6-15(16)20/h2,4-5,10,15-16H,3,6-9,11-12,19H2,1H3. The number of hydrogen-bond donors (Lipinski definition) is 1. The molecule has 116 valence electrons. The van der Waals surface area contributed by atoms with Crippen LogP contribution in [0.4, 0.5) is 4.39 Å². The zero-order valence-electron chi connectivity index (χ0n) is 12.7. The van der Waals surface area contributed by atoms with Crippen molar-refractivity contribution in [1.29, 1.82) is 0 Å². The molecule has 0 spiro atoms. The van der Waals surface area contributed by atoms with E-state index < -0.39 is 0 Å². The monoisotopic (exact) mass is 292 g/mol. The first-order valence-corrected chi connectivity index (χ1v) is 7.95. The third-order valence-corrected chi connectivity index (χ3v) is 5.09. The molecule has 0 aromatic heterocycles. The summed E-state index contributed by atoms with van der Waals surface area (Å²) in [4.78, 5) is 2.53. The highest BCUT2D eigenvalue weighted by atomic mass is 19.1. The average Bonchev–Trinajstić information content (AvgIpc) is 2.95. The Kier molecular flexibility index (Phi) is 4.29. The van der Waals surface area contributed by atoms with Crippen LogP contribution in [0.2, 0.25) is 0 Å². The van der Waals surface area contributed by atoms with Crippen molar-refractivity contribution in [2.75, 3.05) is 19.7 Å². The van der Waals surface area contributed by atoms with Crippen LogP contribution in [0, 0.1) is 5.82 Å². The minimum absolute atomic E-state index is 0.134. The summed E-state index contributed by atoms with van der Waals surface area (Å²) in [5, 5.41) is 0. The molecule has 3 nitrogen and oxygen atoms in total. The molecule has 2 aliphatic rings. The van der Waals surface area contributed by atoms with E-state index in [9.17, 15) is 4.39 Å². The summed E-state index contributed by atoms with van der Waals surface area (Å²) in [6.07, 6.45) is 4.71. The number of ether oxygens (including phenoxy) is 1. The lowest BCUT2D eigenvalue weighted by Crippen LogP contribution is -2.62. The smallest absolute Gasteiger partial charge is 0.123 e. The summed E-state index contributed by atoms with van der Waals surface area (Å²) >= 11 is 0. The lowest BCUT2D eigenvalue weighted by atomic mass is 9.88. The van der Waals surface area contributed by atoms with Gasteiger partial charge in [-0.3, -0.25) is 4.90 Å². The van der Waals surface area contributed by atoms with E-state index >= 15 is 0 Å². The minimum Gasteiger partial charge on any atom is -0.375 e. The highest BCUT2D eigenvalue weighted by Gasteiger charge is 2.43. The van der Waals surface area contributed by atoms with E-state index in [2.05, 4.69) is 11.8 Å².